The summed E-state index contributed by atoms with van der Waals surface area (Å²) in [5.74, 6) is 0.101. The van der Waals surface area contributed by atoms with Crippen LogP contribution in [-0.2, 0) is 0 Å². The number of aliphatic imine (C=N–C) groups is 1. The molecule has 6 heteroatoms. The number of halogens is 1. The van der Waals surface area contributed by atoms with Crippen LogP contribution in [0.4, 0.5) is 22.7 Å². The number of nitrogens with zero attached hydrogens (tertiary/aromatic N) is 3. The highest BCUT2D eigenvalue weighted by Gasteiger charge is 2.01. The van der Waals surface area contributed by atoms with Crippen molar-refractivity contribution >= 4 is 40.6 Å². The number of phenols is 1. The molecule has 0 saturated heterocycles. The topological polar surface area (TPSA) is 83.3 Å². The molecule has 0 aromatic heterocycles. The Morgan fingerprint density at radius 1 is 0.880 bits per heavy atom. The molecule has 0 fully saturated rings. The molecular weight excluding hydrogens is 336 g/mol. The minimum atomic E-state index is 0.101. The number of hydrogen-bond donors (Lipinski definition) is 2. The first kappa shape index (κ1) is 16.7. The van der Waals surface area contributed by atoms with Gasteiger partial charge in [0.2, 0.25) is 0 Å². The summed E-state index contributed by atoms with van der Waals surface area (Å²) < 4.78 is 0. The largest absolute Gasteiger partial charge is 0.507 e. The van der Waals surface area contributed by atoms with Crippen LogP contribution in [0, 0.1) is 0 Å². The van der Waals surface area contributed by atoms with Crippen LogP contribution in [0.2, 0.25) is 5.02 Å². The SMILES string of the molecule is Nc1cccc(N=Cc2cc(N=Nc3ccccc3Cl)ccc2O)c1. The van der Waals surface area contributed by atoms with E-state index in [1.165, 1.54) is 0 Å². The number of phenolic OH excluding ortho intramolecular Hbond substituents is 1. The molecule has 3 N–H and O–H groups in total. The fourth-order valence-electron chi connectivity index (χ4n) is 2.10. The molecule has 0 unspecified atom stereocenters. The van der Waals surface area contributed by atoms with Crippen LogP contribution in [-0.4, -0.2) is 11.3 Å². The minimum absolute atomic E-state index is 0.101. The van der Waals surface area contributed by atoms with E-state index in [1.807, 2.05) is 24.3 Å². The lowest BCUT2D eigenvalue weighted by molar-refractivity contribution is 0.474. The number of azo groups is 1. The Bertz CT molecular complexity index is 954. The maximum atomic E-state index is 9.99. The van der Waals surface area contributed by atoms with Gasteiger partial charge in [0, 0.05) is 17.5 Å². The molecule has 25 heavy (non-hydrogen) atoms. The molecule has 0 bridgehead atoms. The molecule has 0 radical (unpaired) electrons. The molecule has 3 rings (SSSR count). The van der Waals surface area contributed by atoms with Crippen LogP contribution < -0.4 is 5.73 Å². The maximum Gasteiger partial charge on any atom is 0.124 e. The van der Waals surface area contributed by atoms with Crippen molar-refractivity contribution < 1.29 is 5.11 Å². The Labute approximate surface area is 150 Å². The standard InChI is InChI=1S/C19H15ClN4O/c20-17-6-1-2-7-18(17)24-23-16-8-9-19(25)13(10-16)12-22-15-5-3-4-14(21)11-15/h1-12,25H,21H2. The van der Waals surface area contributed by atoms with E-state index in [9.17, 15) is 5.11 Å². The van der Waals surface area contributed by atoms with Gasteiger partial charge in [0.05, 0.1) is 16.4 Å². The second kappa shape index (κ2) is 7.59. The zero-order chi connectivity index (χ0) is 17.6. The summed E-state index contributed by atoms with van der Waals surface area (Å²) >= 11 is 6.05. The lowest BCUT2D eigenvalue weighted by Crippen LogP contribution is -1.84. The van der Waals surface area contributed by atoms with Crippen molar-refractivity contribution in [2.24, 2.45) is 15.2 Å². The predicted molar refractivity (Wildman–Crippen MR) is 102 cm³/mol. The molecule has 3 aromatic rings. The van der Waals surface area contributed by atoms with E-state index >= 15 is 0 Å². The summed E-state index contributed by atoms with van der Waals surface area (Å²) in [6.45, 7) is 0. The van der Waals surface area contributed by atoms with Crippen LogP contribution in [0.3, 0.4) is 0 Å². The first-order chi connectivity index (χ1) is 12.1. The third-order valence-corrected chi connectivity index (χ3v) is 3.68. The van der Waals surface area contributed by atoms with Crippen molar-refractivity contribution in [2.75, 3.05) is 5.73 Å². The molecule has 0 atom stereocenters. The van der Waals surface area contributed by atoms with Gasteiger partial charge < -0.3 is 10.8 Å². The van der Waals surface area contributed by atoms with Crippen molar-refractivity contribution in [2.45, 2.75) is 0 Å². The average molecular weight is 351 g/mol. The Balaban J connectivity index is 1.84. The molecule has 0 spiro atoms. The third kappa shape index (κ3) is 4.43. The third-order valence-electron chi connectivity index (χ3n) is 3.36. The normalized spacial score (nSPS) is 11.4. The Morgan fingerprint density at radius 2 is 1.72 bits per heavy atom. The van der Waals surface area contributed by atoms with E-state index < -0.39 is 0 Å². The van der Waals surface area contributed by atoms with Gasteiger partial charge in [-0.15, -0.1) is 5.11 Å². The average Bonchev–Trinajstić information content (AvgIpc) is 2.61. The molecule has 0 amide bonds. The number of nitrogens with two attached hydrogens (primary N) is 1. The summed E-state index contributed by atoms with van der Waals surface area (Å²) in [7, 11) is 0. The van der Waals surface area contributed by atoms with Crippen LogP contribution in [0.15, 0.2) is 82.0 Å². The summed E-state index contributed by atoms with van der Waals surface area (Å²) in [5.41, 5.74) is 8.73. The van der Waals surface area contributed by atoms with Crippen molar-refractivity contribution in [3.8, 4) is 5.75 Å². The fraction of sp³-hybridized carbons (Fsp3) is 0. The van der Waals surface area contributed by atoms with E-state index in [4.69, 9.17) is 17.3 Å². The summed E-state index contributed by atoms with van der Waals surface area (Å²) in [6.07, 6.45) is 1.55. The first-order valence-corrected chi connectivity index (χ1v) is 7.88. The van der Waals surface area contributed by atoms with Crippen molar-refractivity contribution in [3.63, 3.8) is 0 Å². The van der Waals surface area contributed by atoms with Gasteiger partial charge >= 0.3 is 0 Å². The lowest BCUT2D eigenvalue weighted by atomic mass is 10.2. The van der Waals surface area contributed by atoms with Crippen LogP contribution in [0.5, 0.6) is 5.75 Å². The number of hydrogen-bond acceptors (Lipinski definition) is 5. The monoisotopic (exact) mass is 350 g/mol. The summed E-state index contributed by atoms with van der Waals surface area (Å²) in [4.78, 5) is 4.31. The van der Waals surface area contributed by atoms with Gasteiger partial charge in [-0.25, -0.2) is 0 Å². The summed E-state index contributed by atoms with van der Waals surface area (Å²) in [5, 5.41) is 18.8. The van der Waals surface area contributed by atoms with Gasteiger partial charge in [-0.05, 0) is 48.5 Å². The molecule has 5 nitrogen and oxygen atoms in total. The summed E-state index contributed by atoms with van der Waals surface area (Å²) in [6, 6.07) is 19.2. The second-order valence-corrected chi connectivity index (χ2v) is 5.65. The molecule has 0 aliphatic rings. The highest BCUT2D eigenvalue weighted by Crippen LogP contribution is 2.28. The van der Waals surface area contributed by atoms with Gasteiger partial charge in [-0.1, -0.05) is 29.8 Å². The Hall–Kier alpha value is -3.18. The van der Waals surface area contributed by atoms with Gasteiger partial charge in [-0.2, -0.15) is 5.11 Å². The smallest absolute Gasteiger partial charge is 0.124 e. The predicted octanol–water partition coefficient (Wildman–Crippen LogP) is 5.79. The molecule has 0 heterocycles. The quantitative estimate of drug-likeness (QED) is 0.354. The van der Waals surface area contributed by atoms with E-state index in [2.05, 4.69) is 15.2 Å². The highest BCUT2D eigenvalue weighted by molar-refractivity contribution is 6.32. The maximum absolute atomic E-state index is 9.99. The molecule has 124 valence electrons. The second-order valence-electron chi connectivity index (χ2n) is 5.25. The number of anilines is 1. The Morgan fingerprint density at radius 3 is 2.52 bits per heavy atom. The molecule has 3 aromatic carbocycles. The van der Waals surface area contributed by atoms with Crippen molar-refractivity contribution in [1.29, 1.82) is 0 Å². The van der Waals surface area contributed by atoms with Crippen LogP contribution >= 0.6 is 11.6 Å². The van der Waals surface area contributed by atoms with Gasteiger partial charge in [0.1, 0.15) is 11.4 Å². The first-order valence-electron chi connectivity index (χ1n) is 7.51. The Kier molecular flexibility index (Phi) is 5.06. The fourth-order valence-corrected chi connectivity index (χ4v) is 2.27. The molecule has 0 aliphatic carbocycles. The number of nitrogen functional groups attached to an aromatic ring is 1. The lowest BCUT2D eigenvalue weighted by Gasteiger charge is -2.01. The highest BCUT2D eigenvalue weighted by atomic mass is 35.5. The van der Waals surface area contributed by atoms with E-state index in [1.54, 1.807) is 48.7 Å². The van der Waals surface area contributed by atoms with Gasteiger partial charge in [-0.3, -0.25) is 4.99 Å². The van der Waals surface area contributed by atoms with Gasteiger partial charge in [0.25, 0.3) is 0 Å². The van der Waals surface area contributed by atoms with E-state index in [0.717, 1.165) is 0 Å². The van der Waals surface area contributed by atoms with Crippen molar-refractivity contribution in [1.82, 2.24) is 0 Å². The van der Waals surface area contributed by atoms with Gasteiger partial charge in [0.15, 0.2) is 0 Å². The van der Waals surface area contributed by atoms with E-state index in [-0.39, 0.29) is 5.75 Å². The molecule has 0 aliphatic heterocycles. The number of benzene rings is 3. The van der Waals surface area contributed by atoms with Crippen molar-refractivity contribution in [3.05, 3.63) is 77.3 Å². The number of aromatic hydroxyl groups is 1. The van der Waals surface area contributed by atoms with Crippen LogP contribution in [0.1, 0.15) is 5.56 Å². The zero-order valence-corrected chi connectivity index (χ0v) is 13.9. The minimum Gasteiger partial charge on any atom is -0.507 e. The van der Waals surface area contributed by atoms with E-state index in [0.29, 0.717) is 33.3 Å². The molecule has 0 saturated carbocycles. The zero-order valence-electron chi connectivity index (χ0n) is 13.2. The number of rotatable bonds is 4. The van der Waals surface area contributed by atoms with Crippen LogP contribution in [0.25, 0.3) is 0 Å². The molecular formula is C19H15ClN4O.